The minimum absolute atomic E-state index is 0.239. The SMILES string of the molecule is CCCCc1cc(CCC)cc(C(C)CO)c1. The molecule has 1 heteroatoms. The van der Waals surface area contributed by atoms with E-state index in [1.165, 1.54) is 42.4 Å². The number of benzene rings is 1. The summed E-state index contributed by atoms with van der Waals surface area (Å²) in [5.41, 5.74) is 4.16. The summed E-state index contributed by atoms with van der Waals surface area (Å²) >= 11 is 0. The van der Waals surface area contributed by atoms with E-state index >= 15 is 0 Å². The fourth-order valence-electron chi connectivity index (χ4n) is 2.14. The van der Waals surface area contributed by atoms with Gasteiger partial charge < -0.3 is 5.11 Å². The maximum Gasteiger partial charge on any atom is 0.0497 e. The topological polar surface area (TPSA) is 20.2 Å². The van der Waals surface area contributed by atoms with Gasteiger partial charge in [-0.05, 0) is 36.0 Å². The van der Waals surface area contributed by atoms with Gasteiger partial charge in [0.1, 0.15) is 0 Å². The van der Waals surface area contributed by atoms with E-state index in [0.29, 0.717) is 0 Å². The van der Waals surface area contributed by atoms with Gasteiger partial charge in [-0.2, -0.15) is 0 Å². The normalized spacial score (nSPS) is 12.7. The van der Waals surface area contributed by atoms with E-state index in [-0.39, 0.29) is 12.5 Å². The molecule has 0 saturated heterocycles. The highest BCUT2D eigenvalue weighted by Gasteiger charge is 2.07. The minimum Gasteiger partial charge on any atom is -0.396 e. The van der Waals surface area contributed by atoms with Crippen LogP contribution in [0.4, 0.5) is 0 Å². The standard InChI is InChI=1S/C16H26O/c1-4-6-8-15-9-14(7-5-2)10-16(11-15)13(3)12-17/h9-11,13,17H,4-8,12H2,1-3H3. The van der Waals surface area contributed by atoms with E-state index in [0.717, 1.165) is 6.42 Å². The fourth-order valence-corrected chi connectivity index (χ4v) is 2.14. The zero-order valence-corrected chi connectivity index (χ0v) is 11.5. The Morgan fingerprint density at radius 1 is 1.00 bits per heavy atom. The highest BCUT2D eigenvalue weighted by molar-refractivity contribution is 5.32. The lowest BCUT2D eigenvalue weighted by Gasteiger charge is -2.13. The van der Waals surface area contributed by atoms with Gasteiger partial charge in [-0.1, -0.05) is 51.8 Å². The Balaban J connectivity index is 2.91. The largest absolute Gasteiger partial charge is 0.396 e. The predicted molar refractivity (Wildman–Crippen MR) is 74.5 cm³/mol. The summed E-state index contributed by atoms with van der Waals surface area (Å²) in [7, 11) is 0. The second-order valence-electron chi connectivity index (χ2n) is 5.02. The molecule has 0 spiro atoms. The lowest BCUT2D eigenvalue weighted by Crippen LogP contribution is -2.02. The predicted octanol–water partition coefficient (Wildman–Crippen LogP) is 4.08. The molecule has 1 aromatic carbocycles. The molecule has 1 atom stereocenters. The van der Waals surface area contributed by atoms with E-state index in [1.54, 1.807) is 0 Å². The average Bonchev–Trinajstić information content (AvgIpc) is 2.35. The summed E-state index contributed by atoms with van der Waals surface area (Å²) in [5, 5.41) is 9.28. The first-order valence-electron chi connectivity index (χ1n) is 6.94. The lowest BCUT2D eigenvalue weighted by atomic mass is 9.94. The van der Waals surface area contributed by atoms with Gasteiger partial charge in [-0.25, -0.2) is 0 Å². The molecule has 0 aliphatic rings. The second-order valence-corrected chi connectivity index (χ2v) is 5.02. The number of rotatable bonds is 7. The molecule has 0 fully saturated rings. The fraction of sp³-hybridized carbons (Fsp3) is 0.625. The van der Waals surface area contributed by atoms with Crippen LogP contribution in [0.15, 0.2) is 18.2 Å². The first-order chi connectivity index (χ1) is 8.21. The van der Waals surface area contributed by atoms with Gasteiger partial charge in [0.05, 0.1) is 0 Å². The zero-order valence-electron chi connectivity index (χ0n) is 11.5. The van der Waals surface area contributed by atoms with E-state index in [9.17, 15) is 5.11 Å². The summed E-state index contributed by atoms with van der Waals surface area (Å²) in [6.07, 6.45) is 5.99. The summed E-state index contributed by atoms with van der Waals surface area (Å²) in [4.78, 5) is 0. The summed E-state index contributed by atoms with van der Waals surface area (Å²) in [5.74, 6) is 0.257. The molecule has 1 N–H and O–H groups in total. The molecule has 1 rings (SSSR count). The van der Waals surface area contributed by atoms with Crippen molar-refractivity contribution in [3.8, 4) is 0 Å². The summed E-state index contributed by atoms with van der Waals surface area (Å²) in [6.45, 7) is 6.78. The maximum atomic E-state index is 9.28. The Hall–Kier alpha value is -0.820. The Morgan fingerprint density at radius 3 is 2.18 bits per heavy atom. The van der Waals surface area contributed by atoms with Crippen LogP contribution >= 0.6 is 0 Å². The quantitative estimate of drug-likeness (QED) is 0.753. The van der Waals surface area contributed by atoms with E-state index in [4.69, 9.17) is 0 Å². The molecule has 1 nitrogen and oxygen atoms in total. The molecular formula is C16H26O. The number of aliphatic hydroxyl groups is 1. The lowest BCUT2D eigenvalue weighted by molar-refractivity contribution is 0.273. The Bertz CT molecular complexity index is 330. The highest BCUT2D eigenvalue weighted by Crippen LogP contribution is 2.21. The number of aliphatic hydroxyl groups excluding tert-OH is 1. The Labute approximate surface area is 106 Å². The number of aryl methyl sites for hydroxylation is 2. The highest BCUT2D eigenvalue weighted by atomic mass is 16.3. The maximum absolute atomic E-state index is 9.28. The molecule has 0 radical (unpaired) electrons. The van der Waals surface area contributed by atoms with Crippen LogP contribution in [0.3, 0.4) is 0 Å². The van der Waals surface area contributed by atoms with Crippen molar-refractivity contribution in [3.63, 3.8) is 0 Å². The van der Waals surface area contributed by atoms with Gasteiger partial charge in [0.15, 0.2) is 0 Å². The van der Waals surface area contributed by atoms with E-state index < -0.39 is 0 Å². The number of unbranched alkanes of at least 4 members (excludes halogenated alkanes) is 1. The van der Waals surface area contributed by atoms with Crippen LogP contribution in [0, 0.1) is 0 Å². The molecule has 0 bridgehead atoms. The number of hydrogen-bond acceptors (Lipinski definition) is 1. The van der Waals surface area contributed by atoms with Crippen molar-refractivity contribution in [2.45, 2.75) is 58.8 Å². The smallest absolute Gasteiger partial charge is 0.0497 e. The molecule has 1 unspecified atom stereocenters. The van der Waals surface area contributed by atoms with Crippen LogP contribution in [-0.2, 0) is 12.8 Å². The molecule has 0 aliphatic heterocycles. The average molecular weight is 234 g/mol. The Morgan fingerprint density at radius 2 is 1.65 bits per heavy atom. The monoisotopic (exact) mass is 234 g/mol. The molecular weight excluding hydrogens is 208 g/mol. The van der Waals surface area contributed by atoms with Crippen molar-refractivity contribution in [1.82, 2.24) is 0 Å². The van der Waals surface area contributed by atoms with Crippen LogP contribution in [0.5, 0.6) is 0 Å². The minimum atomic E-state index is 0.239. The third-order valence-corrected chi connectivity index (χ3v) is 3.28. The van der Waals surface area contributed by atoms with Gasteiger partial charge in [0.2, 0.25) is 0 Å². The first kappa shape index (κ1) is 14.2. The van der Waals surface area contributed by atoms with Crippen molar-refractivity contribution >= 4 is 0 Å². The van der Waals surface area contributed by atoms with Gasteiger partial charge in [0, 0.05) is 12.5 Å². The van der Waals surface area contributed by atoms with Crippen LogP contribution in [-0.4, -0.2) is 11.7 Å². The Kier molecular flexibility index (Phi) is 6.28. The van der Waals surface area contributed by atoms with Crippen LogP contribution in [0.25, 0.3) is 0 Å². The molecule has 0 amide bonds. The van der Waals surface area contributed by atoms with Gasteiger partial charge in [-0.15, -0.1) is 0 Å². The molecule has 0 aliphatic carbocycles. The van der Waals surface area contributed by atoms with Crippen molar-refractivity contribution in [2.24, 2.45) is 0 Å². The van der Waals surface area contributed by atoms with Gasteiger partial charge >= 0.3 is 0 Å². The molecule has 96 valence electrons. The van der Waals surface area contributed by atoms with Crippen molar-refractivity contribution < 1.29 is 5.11 Å². The number of hydrogen-bond donors (Lipinski definition) is 1. The van der Waals surface area contributed by atoms with Gasteiger partial charge in [-0.3, -0.25) is 0 Å². The van der Waals surface area contributed by atoms with E-state index in [2.05, 4.69) is 39.0 Å². The van der Waals surface area contributed by atoms with E-state index in [1.807, 2.05) is 0 Å². The van der Waals surface area contributed by atoms with Gasteiger partial charge in [0.25, 0.3) is 0 Å². The van der Waals surface area contributed by atoms with Crippen molar-refractivity contribution in [3.05, 3.63) is 34.9 Å². The van der Waals surface area contributed by atoms with Crippen LogP contribution in [0.1, 0.15) is 62.6 Å². The second kappa shape index (κ2) is 7.50. The molecule has 0 saturated carbocycles. The molecule has 17 heavy (non-hydrogen) atoms. The van der Waals surface area contributed by atoms with Crippen molar-refractivity contribution in [1.29, 1.82) is 0 Å². The molecule has 0 aromatic heterocycles. The molecule has 0 heterocycles. The summed E-state index contributed by atoms with van der Waals surface area (Å²) < 4.78 is 0. The first-order valence-corrected chi connectivity index (χ1v) is 6.94. The third kappa shape index (κ3) is 4.51. The van der Waals surface area contributed by atoms with Crippen molar-refractivity contribution in [2.75, 3.05) is 6.61 Å². The zero-order chi connectivity index (χ0) is 12.7. The summed E-state index contributed by atoms with van der Waals surface area (Å²) in [6, 6.07) is 6.88. The van der Waals surface area contributed by atoms with Crippen LogP contribution < -0.4 is 0 Å². The molecule has 1 aromatic rings. The third-order valence-electron chi connectivity index (χ3n) is 3.28. The van der Waals surface area contributed by atoms with Crippen LogP contribution in [0.2, 0.25) is 0 Å².